The van der Waals surface area contributed by atoms with E-state index >= 15 is 0 Å². The van der Waals surface area contributed by atoms with Gasteiger partial charge >= 0.3 is 0 Å². The Labute approximate surface area is 251 Å². The lowest BCUT2D eigenvalue weighted by Crippen LogP contribution is -2.36. The molecular formula is C31H48ClN5S2. The standard InChI is InChI=1S/C31H48ClN5S2/c1-26(2)14-22-34-16-5-18-35(38-31-12-10-30(11-13-31)33(3)4)19-7-21-36(20-6-17-34)39-37-23-15-27-24-29(32)9-8-28(27)25-37/h8-13,24,26H,5-7,14-23,25H2,1-4H3. The van der Waals surface area contributed by atoms with Crippen LogP contribution in [0.15, 0.2) is 47.4 Å². The zero-order valence-electron chi connectivity index (χ0n) is 24.4. The molecule has 5 nitrogen and oxygen atoms in total. The third-order valence-corrected chi connectivity index (χ3v) is 10.0. The van der Waals surface area contributed by atoms with Gasteiger partial charge in [0.05, 0.1) is 0 Å². The lowest BCUT2D eigenvalue weighted by atomic mass is 10.0. The fourth-order valence-electron chi connectivity index (χ4n) is 5.22. The summed E-state index contributed by atoms with van der Waals surface area (Å²) in [5.74, 6) is 0.757. The van der Waals surface area contributed by atoms with E-state index < -0.39 is 0 Å². The summed E-state index contributed by atoms with van der Waals surface area (Å²) in [6.07, 6.45) is 6.02. The SMILES string of the molecule is CC(C)CCN1CCCN(Sc2ccc(N(C)C)cc2)CCCN(SN2CCc3cc(Cl)ccc3C2)CCC1. The van der Waals surface area contributed by atoms with Crippen molar-refractivity contribution in [3.05, 3.63) is 58.6 Å². The molecule has 2 aliphatic heterocycles. The molecule has 0 atom stereocenters. The molecule has 39 heavy (non-hydrogen) atoms. The molecular weight excluding hydrogens is 542 g/mol. The second-order valence-electron chi connectivity index (χ2n) is 11.5. The van der Waals surface area contributed by atoms with Crippen molar-refractivity contribution in [3.8, 4) is 0 Å². The molecule has 0 amide bonds. The minimum atomic E-state index is 0.757. The van der Waals surface area contributed by atoms with E-state index in [0.29, 0.717) is 0 Å². The quantitative estimate of drug-likeness (QED) is 0.299. The summed E-state index contributed by atoms with van der Waals surface area (Å²) in [5.41, 5.74) is 4.10. The average molecular weight is 590 g/mol. The summed E-state index contributed by atoms with van der Waals surface area (Å²) >= 11 is 10.2. The van der Waals surface area contributed by atoms with Crippen LogP contribution in [0, 0.1) is 5.92 Å². The maximum Gasteiger partial charge on any atom is 0.0408 e. The van der Waals surface area contributed by atoms with Crippen LogP contribution in [0.1, 0.15) is 50.7 Å². The molecule has 4 rings (SSSR count). The highest BCUT2D eigenvalue weighted by Crippen LogP contribution is 2.29. The van der Waals surface area contributed by atoms with Crippen LogP contribution in [0.5, 0.6) is 0 Å². The summed E-state index contributed by atoms with van der Waals surface area (Å²) in [7, 11) is 4.21. The highest BCUT2D eigenvalue weighted by atomic mass is 35.5. The molecule has 2 aromatic rings. The van der Waals surface area contributed by atoms with E-state index in [-0.39, 0.29) is 0 Å². The first-order valence-corrected chi connectivity index (χ1v) is 16.6. The molecule has 1 saturated heterocycles. The Kier molecular flexibility index (Phi) is 12.6. The molecule has 2 aromatic carbocycles. The number of fused-ring (bicyclic) bond motifs is 1. The number of nitrogens with zero attached hydrogens (tertiary/aromatic N) is 5. The Balaban J connectivity index is 1.38. The Morgan fingerprint density at radius 1 is 0.795 bits per heavy atom. The van der Waals surface area contributed by atoms with E-state index in [4.69, 9.17) is 11.6 Å². The zero-order valence-corrected chi connectivity index (χ0v) is 26.8. The maximum absolute atomic E-state index is 6.25. The van der Waals surface area contributed by atoms with Gasteiger partial charge in [-0.2, -0.15) is 0 Å². The van der Waals surface area contributed by atoms with Gasteiger partial charge in [-0.15, -0.1) is 0 Å². The minimum absolute atomic E-state index is 0.757. The van der Waals surface area contributed by atoms with E-state index in [1.165, 1.54) is 67.0 Å². The lowest BCUT2D eigenvalue weighted by Gasteiger charge is -2.34. The highest BCUT2D eigenvalue weighted by molar-refractivity contribution is 7.97. The molecule has 0 N–H and O–H groups in total. The molecule has 1 fully saturated rings. The largest absolute Gasteiger partial charge is 0.378 e. The fourth-order valence-corrected chi connectivity index (χ4v) is 7.53. The molecule has 0 unspecified atom stereocenters. The number of hydrogen-bond donors (Lipinski definition) is 0. The van der Waals surface area contributed by atoms with Crippen molar-refractivity contribution in [1.82, 2.24) is 17.8 Å². The van der Waals surface area contributed by atoms with Crippen molar-refractivity contribution < 1.29 is 0 Å². The predicted molar refractivity (Wildman–Crippen MR) is 173 cm³/mol. The number of benzene rings is 2. The normalized spacial score (nSPS) is 19.4. The van der Waals surface area contributed by atoms with Gasteiger partial charge in [0, 0.05) is 81.1 Å². The number of rotatable bonds is 8. The predicted octanol–water partition coefficient (Wildman–Crippen LogP) is 7.17. The Bertz CT molecular complexity index is 1000. The van der Waals surface area contributed by atoms with Crippen LogP contribution in [0.3, 0.4) is 0 Å². The summed E-state index contributed by atoms with van der Waals surface area (Å²) < 4.78 is 7.80. The van der Waals surface area contributed by atoms with Gasteiger partial charge in [-0.1, -0.05) is 31.5 Å². The third-order valence-electron chi connectivity index (χ3n) is 7.57. The minimum Gasteiger partial charge on any atom is -0.378 e. The Morgan fingerprint density at radius 2 is 1.46 bits per heavy atom. The molecule has 0 radical (unpaired) electrons. The van der Waals surface area contributed by atoms with Crippen LogP contribution in [-0.2, 0) is 13.0 Å². The fraction of sp³-hybridized carbons (Fsp3) is 0.613. The molecule has 0 spiro atoms. The van der Waals surface area contributed by atoms with Gasteiger partial charge in [0.2, 0.25) is 0 Å². The Hall–Kier alpha value is -0.930. The third kappa shape index (κ3) is 10.4. The number of anilines is 1. The van der Waals surface area contributed by atoms with Crippen molar-refractivity contribution in [1.29, 1.82) is 0 Å². The van der Waals surface area contributed by atoms with Gasteiger partial charge in [-0.05, 0) is 117 Å². The van der Waals surface area contributed by atoms with E-state index in [2.05, 4.69) is 87.1 Å². The van der Waals surface area contributed by atoms with Crippen LogP contribution in [0.25, 0.3) is 0 Å². The molecule has 0 aromatic heterocycles. The highest BCUT2D eigenvalue weighted by Gasteiger charge is 2.21. The van der Waals surface area contributed by atoms with Crippen molar-refractivity contribution in [2.75, 3.05) is 71.4 Å². The number of halogens is 1. The second kappa shape index (κ2) is 15.9. The van der Waals surface area contributed by atoms with Crippen molar-refractivity contribution in [3.63, 3.8) is 0 Å². The zero-order chi connectivity index (χ0) is 27.6. The van der Waals surface area contributed by atoms with E-state index in [9.17, 15) is 0 Å². The van der Waals surface area contributed by atoms with Gasteiger partial charge in [0.1, 0.15) is 0 Å². The lowest BCUT2D eigenvalue weighted by molar-refractivity contribution is 0.231. The number of hydrogen-bond acceptors (Lipinski definition) is 7. The topological polar surface area (TPSA) is 16.2 Å². The van der Waals surface area contributed by atoms with Crippen molar-refractivity contribution in [2.45, 2.75) is 57.4 Å². The van der Waals surface area contributed by atoms with Crippen LogP contribution in [-0.4, -0.2) is 84.3 Å². The van der Waals surface area contributed by atoms with Gasteiger partial charge < -0.3 is 9.80 Å². The first-order chi connectivity index (χ1) is 18.9. The van der Waals surface area contributed by atoms with Gasteiger partial charge in [0.15, 0.2) is 0 Å². The first kappa shape index (κ1) is 31.0. The van der Waals surface area contributed by atoms with Crippen LogP contribution >= 0.6 is 35.7 Å². The van der Waals surface area contributed by atoms with E-state index in [0.717, 1.165) is 56.6 Å². The van der Waals surface area contributed by atoms with Crippen LogP contribution < -0.4 is 4.90 Å². The van der Waals surface area contributed by atoms with E-state index in [1.54, 1.807) is 0 Å². The monoisotopic (exact) mass is 589 g/mol. The molecule has 0 saturated carbocycles. The van der Waals surface area contributed by atoms with Crippen LogP contribution in [0.2, 0.25) is 5.02 Å². The summed E-state index contributed by atoms with van der Waals surface area (Å²) in [4.78, 5) is 6.22. The van der Waals surface area contributed by atoms with Crippen molar-refractivity contribution >= 4 is 41.4 Å². The second-order valence-corrected chi connectivity index (χ2v) is 14.3. The average Bonchev–Trinajstić information content (AvgIpc) is 2.90. The smallest absolute Gasteiger partial charge is 0.0408 e. The molecule has 8 heteroatoms. The summed E-state index contributed by atoms with van der Waals surface area (Å²) in [6.45, 7) is 14.9. The van der Waals surface area contributed by atoms with Gasteiger partial charge in [-0.25, -0.2) is 12.9 Å². The van der Waals surface area contributed by atoms with E-state index in [1.807, 2.05) is 30.1 Å². The first-order valence-electron chi connectivity index (χ1n) is 14.7. The molecule has 2 aliphatic rings. The maximum atomic E-state index is 6.25. The molecule has 0 bridgehead atoms. The Morgan fingerprint density at radius 3 is 2.13 bits per heavy atom. The summed E-state index contributed by atoms with van der Waals surface area (Å²) in [6, 6.07) is 15.4. The van der Waals surface area contributed by atoms with Crippen molar-refractivity contribution in [2.24, 2.45) is 5.92 Å². The summed E-state index contributed by atoms with van der Waals surface area (Å²) in [5, 5.41) is 0.857. The molecule has 0 aliphatic carbocycles. The molecule has 2 heterocycles. The van der Waals surface area contributed by atoms with Crippen LogP contribution in [0.4, 0.5) is 5.69 Å². The molecule has 216 valence electrons. The van der Waals surface area contributed by atoms with Gasteiger partial charge in [0.25, 0.3) is 0 Å². The van der Waals surface area contributed by atoms with Gasteiger partial charge in [-0.3, -0.25) is 0 Å².